The van der Waals surface area contributed by atoms with Crippen LogP contribution in [0.5, 0.6) is 0 Å². The third-order valence-electron chi connectivity index (χ3n) is 7.10. The molecule has 0 saturated carbocycles. The van der Waals surface area contributed by atoms with Gasteiger partial charge in [0.2, 0.25) is 5.89 Å². The highest BCUT2D eigenvalue weighted by molar-refractivity contribution is 6.14. The zero-order chi connectivity index (χ0) is 27.8. The molecule has 0 bridgehead atoms. The van der Waals surface area contributed by atoms with Crippen LogP contribution in [0.25, 0.3) is 44.1 Å². The molecule has 0 aliphatic carbocycles. The lowest BCUT2D eigenvalue weighted by molar-refractivity contribution is 0.102. The van der Waals surface area contributed by atoms with Crippen molar-refractivity contribution in [2.24, 2.45) is 0 Å². The second-order valence-electron chi connectivity index (χ2n) is 9.74. The van der Waals surface area contributed by atoms with Gasteiger partial charge in [-0.25, -0.2) is 4.98 Å². The summed E-state index contributed by atoms with van der Waals surface area (Å²) >= 11 is 0. The Kier molecular flexibility index (Phi) is 5.98. The predicted molar refractivity (Wildman–Crippen MR) is 163 cm³/mol. The van der Waals surface area contributed by atoms with Crippen molar-refractivity contribution in [1.82, 2.24) is 4.98 Å². The summed E-state index contributed by atoms with van der Waals surface area (Å²) in [5.74, 6) is 0.0879. The molecular weight excluding hydrogens is 510 g/mol. The Bertz CT molecular complexity index is 2080. The number of carbonyl (C=O) groups is 2. The van der Waals surface area contributed by atoms with Crippen molar-refractivity contribution in [2.75, 3.05) is 10.6 Å². The van der Waals surface area contributed by atoms with E-state index in [0.29, 0.717) is 39.5 Å². The van der Waals surface area contributed by atoms with E-state index in [1.165, 1.54) is 0 Å². The summed E-state index contributed by atoms with van der Waals surface area (Å²) in [5.41, 5.74) is 4.53. The molecule has 6 heteroatoms. The third-order valence-corrected chi connectivity index (χ3v) is 7.10. The average molecular weight is 534 g/mol. The maximum Gasteiger partial charge on any atom is 0.256 e. The van der Waals surface area contributed by atoms with Crippen LogP contribution >= 0.6 is 0 Å². The minimum absolute atomic E-state index is 0.172. The monoisotopic (exact) mass is 533 g/mol. The summed E-state index contributed by atoms with van der Waals surface area (Å²) in [6, 6.07) is 39.7. The van der Waals surface area contributed by atoms with E-state index in [4.69, 9.17) is 4.42 Å². The molecule has 0 atom stereocenters. The highest BCUT2D eigenvalue weighted by Crippen LogP contribution is 2.28. The number of amides is 2. The Morgan fingerprint density at radius 3 is 1.73 bits per heavy atom. The van der Waals surface area contributed by atoms with E-state index in [-0.39, 0.29) is 11.8 Å². The van der Waals surface area contributed by atoms with Crippen molar-refractivity contribution >= 4 is 55.8 Å². The van der Waals surface area contributed by atoms with E-state index in [0.717, 1.165) is 27.1 Å². The quantitative estimate of drug-likeness (QED) is 0.233. The number of carbonyl (C=O) groups excluding carboxylic acids is 2. The number of nitrogens with zero attached hydrogens (tertiary/aromatic N) is 1. The number of fused-ring (bicyclic) bond motifs is 3. The molecule has 41 heavy (non-hydrogen) atoms. The SMILES string of the molecule is O=C(Nc1ccc(-c2nc3cc(NC(=O)c4cccc5ccccc45)ccc3o2)cc1)c1cccc2ccccc12. The number of aromatic nitrogens is 1. The van der Waals surface area contributed by atoms with E-state index in [2.05, 4.69) is 15.6 Å². The molecule has 0 spiro atoms. The highest BCUT2D eigenvalue weighted by atomic mass is 16.3. The maximum absolute atomic E-state index is 13.1. The molecule has 1 aromatic heterocycles. The smallest absolute Gasteiger partial charge is 0.256 e. The number of hydrogen-bond donors (Lipinski definition) is 2. The lowest BCUT2D eigenvalue weighted by Gasteiger charge is -2.08. The Hall–Kier alpha value is -5.75. The fourth-order valence-corrected chi connectivity index (χ4v) is 5.07. The number of nitrogens with one attached hydrogen (secondary N) is 2. The maximum atomic E-state index is 13.1. The van der Waals surface area contributed by atoms with Crippen LogP contribution in [0, 0.1) is 0 Å². The van der Waals surface area contributed by atoms with E-state index in [1.54, 1.807) is 18.2 Å². The first-order valence-electron chi connectivity index (χ1n) is 13.2. The van der Waals surface area contributed by atoms with Crippen LogP contribution in [0.3, 0.4) is 0 Å². The van der Waals surface area contributed by atoms with Crippen LogP contribution < -0.4 is 10.6 Å². The summed E-state index contributed by atoms with van der Waals surface area (Å²) in [5, 5.41) is 9.79. The van der Waals surface area contributed by atoms with E-state index in [1.807, 2.05) is 109 Å². The van der Waals surface area contributed by atoms with Crippen LogP contribution in [-0.2, 0) is 0 Å². The minimum atomic E-state index is -0.189. The first-order chi connectivity index (χ1) is 20.1. The van der Waals surface area contributed by atoms with Crippen molar-refractivity contribution in [3.05, 3.63) is 139 Å². The zero-order valence-electron chi connectivity index (χ0n) is 21.8. The molecule has 0 saturated heterocycles. The Morgan fingerprint density at radius 2 is 1.10 bits per heavy atom. The van der Waals surface area contributed by atoms with Gasteiger partial charge in [-0.05, 0) is 76.1 Å². The van der Waals surface area contributed by atoms with Gasteiger partial charge in [0.15, 0.2) is 5.58 Å². The molecule has 2 N–H and O–H groups in total. The third kappa shape index (κ3) is 4.68. The number of benzene rings is 6. The summed E-state index contributed by atoms with van der Waals surface area (Å²) in [6.07, 6.45) is 0. The van der Waals surface area contributed by atoms with Crippen LogP contribution in [0.4, 0.5) is 11.4 Å². The van der Waals surface area contributed by atoms with E-state index < -0.39 is 0 Å². The van der Waals surface area contributed by atoms with E-state index >= 15 is 0 Å². The van der Waals surface area contributed by atoms with Gasteiger partial charge < -0.3 is 15.1 Å². The van der Waals surface area contributed by atoms with Gasteiger partial charge in [-0.15, -0.1) is 0 Å². The molecule has 0 aliphatic heterocycles. The topological polar surface area (TPSA) is 84.2 Å². The molecule has 0 radical (unpaired) electrons. The predicted octanol–water partition coefficient (Wildman–Crippen LogP) is 8.31. The fourth-order valence-electron chi connectivity index (χ4n) is 5.07. The van der Waals surface area contributed by atoms with Gasteiger partial charge in [-0.1, -0.05) is 72.8 Å². The standard InChI is InChI=1S/C35H23N3O3/c39-33(29-13-5-9-22-7-1-3-11-27(22)29)36-25-17-15-24(16-18-25)35-38-31-21-26(19-20-32(31)41-35)37-34(40)30-14-6-10-23-8-2-4-12-28(23)30/h1-21H,(H,36,39)(H,37,40). The van der Waals surface area contributed by atoms with Crippen molar-refractivity contribution in [3.8, 4) is 11.5 Å². The Balaban J connectivity index is 1.09. The Morgan fingerprint density at radius 1 is 0.561 bits per heavy atom. The van der Waals surface area contributed by atoms with Crippen LogP contribution in [-0.4, -0.2) is 16.8 Å². The summed E-state index contributed by atoms with van der Waals surface area (Å²) < 4.78 is 5.98. The van der Waals surface area contributed by atoms with E-state index in [9.17, 15) is 9.59 Å². The summed E-state index contributed by atoms with van der Waals surface area (Å²) in [4.78, 5) is 30.7. The molecule has 0 fully saturated rings. The zero-order valence-corrected chi connectivity index (χ0v) is 21.8. The van der Waals surface area contributed by atoms with Gasteiger partial charge in [0, 0.05) is 28.1 Å². The number of hydrogen-bond acceptors (Lipinski definition) is 4. The second-order valence-corrected chi connectivity index (χ2v) is 9.74. The van der Waals surface area contributed by atoms with Crippen molar-refractivity contribution in [3.63, 3.8) is 0 Å². The van der Waals surface area contributed by atoms with Gasteiger partial charge in [0.25, 0.3) is 11.8 Å². The highest BCUT2D eigenvalue weighted by Gasteiger charge is 2.14. The molecule has 7 rings (SSSR count). The molecule has 6 nitrogen and oxygen atoms in total. The van der Waals surface area contributed by atoms with Gasteiger partial charge in [0.1, 0.15) is 5.52 Å². The van der Waals surface area contributed by atoms with Crippen LogP contribution in [0.1, 0.15) is 20.7 Å². The van der Waals surface area contributed by atoms with Gasteiger partial charge in [-0.3, -0.25) is 9.59 Å². The summed E-state index contributed by atoms with van der Waals surface area (Å²) in [7, 11) is 0. The first-order valence-corrected chi connectivity index (χ1v) is 13.2. The number of rotatable bonds is 5. The molecule has 196 valence electrons. The molecule has 0 aliphatic rings. The molecular formula is C35H23N3O3. The van der Waals surface area contributed by atoms with Gasteiger partial charge in [-0.2, -0.15) is 0 Å². The normalized spacial score (nSPS) is 11.1. The molecule has 2 amide bonds. The van der Waals surface area contributed by atoms with Crippen molar-refractivity contribution in [2.45, 2.75) is 0 Å². The lowest BCUT2D eigenvalue weighted by atomic mass is 10.0. The molecule has 1 heterocycles. The van der Waals surface area contributed by atoms with Crippen molar-refractivity contribution < 1.29 is 14.0 Å². The van der Waals surface area contributed by atoms with Gasteiger partial charge in [0.05, 0.1) is 0 Å². The average Bonchev–Trinajstić information content (AvgIpc) is 3.44. The number of oxazole rings is 1. The van der Waals surface area contributed by atoms with Crippen LogP contribution in [0.2, 0.25) is 0 Å². The van der Waals surface area contributed by atoms with Crippen molar-refractivity contribution in [1.29, 1.82) is 0 Å². The fraction of sp³-hybridized carbons (Fsp3) is 0. The lowest BCUT2D eigenvalue weighted by Crippen LogP contribution is -2.12. The van der Waals surface area contributed by atoms with Crippen LogP contribution in [0.15, 0.2) is 132 Å². The second kappa shape index (κ2) is 10.1. The Labute approximate surface area is 235 Å². The number of anilines is 2. The minimum Gasteiger partial charge on any atom is -0.436 e. The molecule has 6 aromatic carbocycles. The largest absolute Gasteiger partial charge is 0.436 e. The summed E-state index contributed by atoms with van der Waals surface area (Å²) in [6.45, 7) is 0. The molecule has 0 unspecified atom stereocenters. The molecule has 7 aromatic rings. The first kappa shape index (κ1) is 24.3. The van der Waals surface area contributed by atoms with Gasteiger partial charge >= 0.3 is 0 Å².